The summed E-state index contributed by atoms with van der Waals surface area (Å²) in [5.74, 6) is 5.03. The van der Waals surface area contributed by atoms with Gasteiger partial charge in [-0.3, -0.25) is 14.4 Å². The molecule has 178 valence electrons. The van der Waals surface area contributed by atoms with Crippen molar-refractivity contribution < 1.29 is 28.3 Å². The first-order valence-corrected chi connectivity index (χ1v) is 13.5. The highest BCUT2D eigenvalue weighted by atomic mass is 28.4. The maximum Gasteiger partial charge on any atom is 0.303 e. The van der Waals surface area contributed by atoms with Gasteiger partial charge in [-0.05, 0) is 44.1 Å². The molecule has 0 radical (unpaired) electrons. The van der Waals surface area contributed by atoms with E-state index in [-0.39, 0.29) is 13.0 Å². The molecule has 0 bridgehead atoms. The Labute approximate surface area is 194 Å². The molecule has 0 rings (SSSR count). The highest BCUT2D eigenvalue weighted by Crippen LogP contribution is 2.29. The van der Waals surface area contributed by atoms with Crippen LogP contribution in [0, 0.1) is 11.8 Å². The third-order valence-corrected chi connectivity index (χ3v) is 9.83. The van der Waals surface area contributed by atoms with Crippen LogP contribution in [0.1, 0.15) is 54.9 Å². The topological polar surface area (TPSA) is 78.9 Å². The lowest BCUT2D eigenvalue weighted by atomic mass is 9.99. The molecule has 0 aromatic carbocycles. The predicted octanol–water partition coefficient (Wildman–Crippen LogP) is 4.91. The van der Waals surface area contributed by atoms with Gasteiger partial charge in [0.1, 0.15) is 19.0 Å². The van der Waals surface area contributed by atoms with E-state index in [2.05, 4.69) is 39.2 Å². The Balaban J connectivity index is 6.17. The van der Waals surface area contributed by atoms with Crippen LogP contribution in [0.25, 0.3) is 0 Å². The number of carbonyl (C=O) groups is 3. The minimum atomic E-state index is -2.06. The Bertz CT molecular complexity index is 768. The zero-order valence-electron chi connectivity index (χ0n) is 20.6. The summed E-state index contributed by atoms with van der Waals surface area (Å²) < 4.78 is 17.3. The van der Waals surface area contributed by atoms with Crippen molar-refractivity contribution in [3.8, 4) is 11.8 Å². The second-order valence-corrected chi connectivity index (χ2v) is 12.6. The molecule has 0 amide bonds. The highest BCUT2D eigenvalue weighted by Gasteiger charge is 2.35. The third kappa shape index (κ3) is 11.3. The molecule has 0 aromatic rings. The SMILES string of the molecule is C=C(C#CC=C(C)C)[C@H](C[C@H](OC(C)=O)/C(=C/C=O)COC(C)=O)O[Si](CC)(CC)CC. The maximum absolute atomic E-state index is 11.8. The molecule has 0 aromatic heterocycles. The molecule has 7 heteroatoms. The minimum Gasteiger partial charge on any atom is -0.461 e. The number of aldehydes is 1. The fourth-order valence-electron chi connectivity index (χ4n) is 3.11. The van der Waals surface area contributed by atoms with Crippen molar-refractivity contribution in [1.29, 1.82) is 0 Å². The quantitative estimate of drug-likeness (QED) is 0.127. The summed E-state index contributed by atoms with van der Waals surface area (Å²) in [6, 6.07) is 2.77. The average Bonchev–Trinajstić information content (AvgIpc) is 2.72. The maximum atomic E-state index is 11.8. The van der Waals surface area contributed by atoms with Gasteiger partial charge in [0.25, 0.3) is 0 Å². The van der Waals surface area contributed by atoms with Gasteiger partial charge in [-0.1, -0.05) is 44.8 Å². The van der Waals surface area contributed by atoms with E-state index in [1.54, 1.807) is 6.08 Å². The normalized spacial score (nSPS) is 13.2. The van der Waals surface area contributed by atoms with Crippen LogP contribution >= 0.6 is 0 Å². The first-order valence-electron chi connectivity index (χ1n) is 11.0. The molecule has 0 fully saturated rings. The first kappa shape index (κ1) is 29.6. The van der Waals surface area contributed by atoms with Gasteiger partial charge in [-0.25, -0.2) is 0 Å². The van der Waals surface area contributed by atoms with Crippen molar-refractivity contribution in [3.63, 3.8) is 0 Å². The van der Waals surface area contributed by atoms with Crippen LogP contribution in [0.15, 0.2) is 35.5 Å². The summed E-state index contributed by atoms with van der Waals surface area (Å²) in [6.07, 6.45) is 2.54. The lowest BCUT2D eigenvalue weighted by Gasteiger charge is -2.35. The van der Waals surface area contributed by atoms with E-state index in [1.807, 2.05) is 13.8 Å². The van der Waals surface area contributed by atoms with E-state index < -0.39 is 32.5 Å². The number of ether oxygens (including phenoxy) is 2. The average molecular weight is 463 g/mol. The number of rotatable bonds is 13. The molecule has 32 heavy (non-hydrogen) atoms. The van der Waals surface area contributed by atoms with Crippen LogP contribution in [-0.4, -0.2) is 45.4 Å². The molecule has 0 unspecified atom stereocenters. The molecule has 0 spiro atoms. The standard InChI is InChI=1S/C25H38O6Si/c1-9-32(10-2,11-3)31-24(20(6)14-12-13-19(4)5)17-25(30-22(8)28)23(15-16-26)18-29-21(7)27/h13,15-16,24-25H,6,9-11,17-18H2,1-5,7-8H3/b23-15+/t24-,25-/m0/s1. The minimum absolute atomic E-state index is 0.160. The van der Waals surface area contributed by atoms with Gasteiger partial charge in [0.2, 0.25) is 0 Å². The molecule has 0 N–H and O–H groups in total. The van der Waals surface area contributed by atoms with E-state index in [0.29, 0.717) is 17.4 Å². The Morgan fingerprint density at radius 1 is 1.00 bits per heavy atom. The lowest BCUT2D eigenvalue weighted by Crippen LogP contribution is -2.42. The van der Waals surface area contributed by atoms with Gasteiger partial charge in [-0.15, -0.1) is 0 Å². The zero-order valence-corrected chi connectivity index (χ0v) is 21.6. The van der Waals surface area contributed by atoms with Gasteiger partial charge in [-0.2, -0.15) is 0 Å². The Morgan fingerprint density at radius 3 is 2.03 bits per heavy atom. The zero-order chi connectivity index (χ0) is 24.7. The molecule has 0 aliphatic rings. The highest BCUT2D eigenvalue weighted by molar-refractivity contribution is 6.73. The van der Waals surface area contributed by atoms with Crippen LogP contribution in [0.4, 0.5) is 0 Å². The van der Waals surface area contributed by atoms with Gasteiger partial charge >= 0.3 is 11.9 Å². The Morgan fingerprint density at radius 2 is 1.59 bits per heavy atom. The molecule has 0 aliphatic carbocycles. The van der Waals surface area contributed by atoms with E-state index >= 15 is 0 Å². The second kappa shape index (κ2) is 15.4. The fourth-order valence-corrected chi connectivity index (χ4v) is 5.95. The Hall–Kier alpha value is -2.43. The largest absolute Gasteiger partial charge is 0.461 e. The predicted molar refractivity (Wildman–Crippen MR) is 129 cm³/mol. The van der Waals surface area contributed by atoms with Crippen LogP contribution < -0.4 is 0 Å². The molecular weight excluding hydrogens is 424 g/mol. The van der Waals surface area contributed by atoms with Crippen molar-refractivity contribution in [2.45, 2.75) is 85.2 Å². The summed E-state index contributed by atoms with van der Waals surface area (Å²) in [6.45, 7) is 16.8. The fraction of sp³-hybridized carbons (Fsp3) is 0.560. The monoisotopic (exact) mass is 462 g/mol. The van der Waals surface area contributed by atoms with E-state index in [4.69, 9.17) is 13.9 Å². The first-order chi connectivity index (χ1) is 15.0. The van der Waals surface area contributed by atoms with Crippen molar-refractivity contribution in [2.24, 2.45) is 0 Å². The van der Waals surface area contributed by atoms with E-state index in [9.17, 15) is 14.4 Å². The van der Waals surface area contributed by atoms with Crippen LogP contribution in [-0.2, 0) is 28.3 Å². The number of carbonyl (C=O) groups excluding carboxylic acids is 3. The Kier molecular flexibility index (Phi) is 14.2. The third-order valence-electron chi connectivity index (χ3n) is 5.18. The van der Waals surface area contributed by atoms with Crippen molar-refractivity contribution in [3.05, 3.63) is 35.5 Å². The van der Waals surface area contributed by atoms with E-state index in [0.717, 1.165) is 23.7 Å². The summed E-state index contributed by atoms with van der Waals surface area (Å²) in [4.78, 5) is 34.3. The summed E-state index contributed by atoms with van der Waals surface area (Å²) in [5, 5.41) is 0. The van der Waals surface area contributed by atoms with Crippen molar-refractivity contribution >= 4 is 26.5 Å². The lowest BCUT2D eigenvalue weighted by molar-refractivity contribution is -0.146. The van der Waals surface area contributed by atoms with Gasteiger partial charge in [0.15, 0.2) is 8.32 Å². The van der Waals surface area contributed by atoms with Gasteiger partial charge < -0.3 is 13.9 Å². The second-order valence-electron chi connectivity index (χ2n) is 7.86. The molecule has 2 atom stereocenters. The molecule has 0 saturated heterocycles. The molecule has 0 heterocycles. The number of allylic oxidation sites excluding steroid dienone is 3. The molecule has 0 aliphatic heterocycles. The number of esters is 2. The smallest absolute Gasteiger partial charge is 0.303 e. The van der Waals surface area contributed by atoms with E-state index in [1.165, 1.54) is 19.9 Å². The number of hydrogen-bond donors (Lipinski definition) is 0. The van der Waals surface area contributed by atoms with Crippen LogP contribution in [0.2, 0.25) is 18.1 Å². The molecule has 6 nitrogen and oxygen atoms in total. The van der Waals surface area contributed by atoms with Crippen LogP contribution in [0.3, 0.4) is 0 Å². The molecular formula is C25H38O6Si. The molecule has 0 saturated carbocycles. The van der Waals surface area contributed by atoms with Crippen LogP contribution in [0.5, 0.6) is 0 Å². The summed E-state index contributed by atoms with van der Waals surface area (Å²) >= 11 is 0. The van der Waals surface area contributed by atoms with Gasteiger partial charge in [0.05, 0.1) is 6.10 Å². The number of hydrogen-bond acceptors (Lipinski definition) is 6. The summed E-state index contributed by atoms with van der Waals surface area (Å²) in [7, 11) is -2.06. The summed E-state index contributed by atoms with van der Waals surface area (Å²) in [5.41, 5.74) is 2.02. The van der Waals surface area contributed by atoms with Crippen molar-refractivity contribution in [1.82, 2.24) is 0 Å². The van der Waals surface area contributed by atoms with Crippen molar-refractivity contribution in [2.75, 3.05) is 6.61 Å². The van der Waals surface area contributed by atoms with Gasteiger partial charge in [0, 0.05) is 31.4 Å².